The van der Waals surface area contributed by atoms with E-state index in [2.05, 4.69) is 20.7 Å². The second-order valence-corrected chi connectivity index (χ2v) is 8.86. The van der Waals surface area contributed by atoms with Crippen LogP contribution in [0.25, 0.3) is 33.5 Å². The number of carbonyl (C=O) groups excluding carboxylic acids is 1. The second kappa shape index (κ2) is 10.1. The van der Waals surface area contributed by atoms with Crippen molar-refractivity contribution in [3.8, 4) is 22.6 Å². The fraction of sp³-hybridized carbons (Fsp3) is 0.148. The van der Waals surface area contributed by atoms with E-state index in [1.807, 2.05) is 74.8 Å². The van der Waals surface area contributed by atoms with Gasteiger partial charge in [0.25, 0.3) is 0 Å². The number of carbonyl (C=O) groups is 1. The van der Waals surface area contributed by atoms with Gasteiger partial charge in [-0.05, 0) is 43.3 Å². The van der Waals surface area contributed by atoms with Crippen molar-refractivity contribution in [2.45, 2.75) is 13.3 Å². The minimum absolute atomic E-state index is 0.0831. The summed E-state index contributed by atoms with van der Waals surface area (Å²) in [5, 5.41) is 12.1. The highest BCUT2D eigenvalue weighted by molar-refractivity contribution is 6.35. The third kappa shape index (κ3) is 5.18. The Bertz CT molecular complexity index is 1550. The van der Waals surface area contributed by atoms with Crippen LogP contribution in [0.15, 0.2) is 73.2 Å². The Kier molecular flexibility index (Phi) is 6.60. The molecule has 9 heteroatoms. The number of halogens is 1. The number of nitrogens with one attached hydrogen (secondary N) is 2. The van der Waals surface area contributed by atoms with Crippen molar-refractivity contribution in [2.24, 2.45) is 7.05 Å². The maximum Gasteiger partial charge on any atom is 0.226 e. The van der Waals surface area contributed by atoms with Crippen molar-refractivity contribution in [1.29, 1.82) is 0 Å². The molecule has 0 saturated heterocycles. The normalized spacial score (nSPS) is 11.0. The number of hydrogen-bond donors (Lipinski definition) is 2. The van der Waals surface area contributed by atoms with Gasteiger partial charge in [-0.2, -0.15) is 5.10 Å². The maximum absolute atomic E-state index is 12.3. The van der Waals surface area contributed by atoms with E-state index in [9.17, 15) is 4.79 Å². The molecule has 0 aliphatic heterocycles. The molecule has 36 heavy (non-hydrogen) atoms. The lowest BCUT2D eigenvalue weighted by Gasteiger charge is -2.12. The first-order valence-corrected chi connectivity index (χ1v) is 11.9. The Morgan fingerprint density at radius 2 is 1.89 bits per heavy atom. The van der Waals surface area contributed by atoms with Crippen LogP contribution < -0.4 is 10.6 Å². The van der Waals surface area contributed by atoms with Crippen molar-refractivity contribution < 1.29 is 4.79 Å². The molecule has 3 heterocycles. The van der Waals surface area contributed by atoms with E-state index < -0.39 is 0 Å². The van der Waals surface area contributed by atoms with Crippen molar-refractivity contribution in [3.63, 3.8) is 0 Å². The SMILES string of the molecule is Cc1ccc(NC(=O)CCNc2cnc(-c3cc(Cl)c4ncccc4c3)c(-c3ccn(C)n3)n2)cc1. The van der Waals surface area contributed by atoms with Gasteiger partial charge in [0.15, 0.2) is 0 Å². The lowest BCUT2D eigenvalue weighted by molar-refractivity contribution is -0.115. The molecule has 0 aliphatic rings. The number of pyridine rings is 1. The van der Waals surface area contributed by atoms with Crippen molar-refractivity contribution in [1.82, 2.24) is 24.7 Å². The van der Waals surface area contributed by atoms with E-state index in [4.69, 9.17) is 21.6 Å². The van der Waals surface area contributed by atoms with Gasteiger partial charge < -0.3 is 10.6 Å². The van der Waals surface area contributed by atoms with Gasteiger partial charge in [0, 0.05) is 49.0 Å². The summed E-state index contributed by atoms with van der Waals surface area (Å²) in [6.07, 6.45) is 5.51. The average Bonchev–Trinajstić information content (AvgIpc) is 3.31. The van der Waals surface area contributed by atoms with Crippen LogP contribution >= 0.6 is 11.6 Å². The number of rotatable bonds is 7. The molecule has 5 aromatic rings. The molecule has 0 aliphatic carbocycles. The maximum atomic E-state index is 12.3. The average molecular weight is 498 g/mol. The van der Waals surface area contributed by atoms with Crippen LogP contribution in [-0.2, 0) is 11.8 Å². The summed E-state index contributed by atoms with van der Waals surface area (Å²) in [4.78, 5) is 26.2. The summed E-state index contributed by atoms with van der Waals surface area (Å²) >= 11 is 6.53. The van der Waals surface area contributed by atoms with Crippen LogP contribution in [0.3, 0.4) is 0 Å². The molecule has 0 atom stereocenters. The summed E-state index contributed by atoms with van der Waals surface area (Å²) in [5.74, 6) is 0.469. The van der Waals surface area contributed by atoms with Crippen LogP contribution in [0.4, 0.5) is 11.5 Å². The third-order valence-electron chi connectivity index (χ3n) is 5.65. The van der Waals surface area contributed by atoms with Gasteiger partial charge in [-0.3, -0.25) is 19.4 Å². The number of fused-ring (bicyclic) bond motifs is 1. The molecule has 0 radical (unpaired) electrons. The number of benzene rings is 2. The fourth-order valence-corrected chi connectivity index (χ4v) is 4.13. The zero-order valence-electron chi connectivity index (χ0n) is 19.9. The number of aryl methyl sites for hydroxylation is 2. The largest absolute Gasteiger partial charge is 0.368 e. The highest BCUT2D eigenvalue weighted by atomic mass is 35.5. The Morgan fingerprint density at radius 3 is 2.67 bits per heavy atom. The number of nitrogens with zero attached hydrogens (tertiary/aromatic N) is 5. The number of anilines is 2. The Morgan fingerprint density at radius 1 is 1.06 bits per heavy atom. The smallest absolute Gasteiger partial charge is 0.226 e. The zero-order chi connectivity index (χ0) is 25.1. The molecule has 0 unspecified atom stereocenters. The summed E-state index contributed by atoms with van der Waals surface area (Å²) in [5.41, 5.74) is 5.42. The first-order valence-electron chi connectivity index (χ1n) is 11.5. The van der Waals surface area contributed by atoms with E-state index in [-0.39, 0.29) is 12.3 Å². The number of aromatic nitrogens is 5. The minimum Gasteiger partial charge on any atom is -0.368 e. The molecular formula is C27H24ClN7O. The highest BCUT2D eigenvalue weighted by Crippen LogP contribution is 2.33. The van der Waals surface area contributed by atoms with Crippen LogP contribution in [0.1, 0.15) is 12.0 Å². The quantitative estimate of drug-likeness (QED) is 0.308. The predicted octanol–water partition coefficient (Wildman–Crippen LogP) is 5.49. The zero-order valence-corrected chi connectivity index (χ0v) is 20.6. The first-order chi connectivity index (χ1) is 17.5. The molecule has 0 spiro atoms. The predicted molar refractivity (Wildman–Crippen MR) is 143 cm³/mol. The van der Waals surface area contributed by atoms with Crippen LogP contribution in [-0.4, -0.2) is 37.2 Å². The monoisotopic (exact) mass is 497 g/mol. The third-order valence-corrected chi connectivity index (χ3v) is 5.94. The van der Waals surface area contributed by atoms with Gasteiger partial charge in [-0.15, -0.1) is 0 Å². The van der Waals surface area contributed by atoms with E-state index in [1.165, 1.54) is 0 Å². The molecule has 2 N–H and O–H groups in total. The van der Waals surface area contributed by atoms with Gasteiger partial charge in [0.05, 0.1) is 22.4 Å². The van der Waals surface area contributed by atoms with Crippen molar-refractivity contribution in [3.05, 3.63) is 83.8 Å². The van der Waals surface area contributed by atoms with E-state index in [1.54, 1.807) is 17.1 Å². The topological polar surface area (TPSA) is 97.6 Å². The van der Waals surface area contributed by atoms with E-state index >= 15 is 0 Å². The molecule has 1 amide bonds. The Balaban J connectivity index is 1.38. The second-order valence-electron chi connectivity index (χ2n) is 8.45. The molecule has 5 rings (SSSR count). The molecule has 2 aromatic carbocycles. The number of amides is 1. The number of hydrogen-bond acceptors (Lipinski definition) is 6. The van der Waals surface area contributed by atoms with Gasteiger partial charge in [0.2, 0.25) is 5.91 Å². The summed E-state index contributed by atoms with van der Waals surface area (Å²) in [6.45, 7) is 2.41. The molecule has 180 valence electrons. The molecule has 0 fully saturated rings. The molecule has 0 bridgehead atoms. The molecular weight excluding hydrogens is 474 g/mol. The standard InChI is InChI=1S/C27H24ClN7O/c1-17-5-7-20(8-6-17)32-24(36)9-12-29-23-16-31-26(27(33-23)22-10-13-35(2)34-22)19-14-18-4-3-11-30-25(18)21(28)15-19/h3-8,10-11,13-16H,9,12H2,1-2H3,(H,29,33)(H,32,36). The van der Waals surface area contributed by atoms with Crippen LogP contribution in [0.5, 0.6) is 0 Å². The summed E-state index contributed by atoms with van der Waals surface area (Å²) in [6, 6.07) is 17.3. The summed E-state index contributed by atoms with van der Waals surface area (Å²) < 4.78 is 1.72. The Labute approximate surface area is 213 Å². The lowest BCUT2D eigenvalue weighted by Crippen LogP contribution is -2.16. The minimum atomic E-state index is -0.0831. The van der Waals surface area contributed by atoms with Gasteiger partial charge in [0.1, 0.15) is 17.2 Å². The van der Waals surface area contributed by atoms with Crippen molar-refractivity contribution >= 4 is 39.9 Å². The van der Waals surface area contributed by atoms with Crippen LogP contribution in [0, 0.1) is 6.92 Å². The molecule has 3 aromatic heterocycles. The molecule has 8 nitrogen and oxygen atoms in total. The van der Waals surface area contributed by atoms with Gasteiger partial charge >= 0.3 is 0 Å². The van der Waals surface area contributed by atoms with Crippen LogP contribution in [0.2, 0.25) is 5.02 Å². The molecule has 0 saturated carbocycles. The van der Waals surface area contributed by atoms with Gasteiger partial charge in [-0.25, -0.2) is 4.98 Å². The van der Waals surface area contributed by atoms with Crippen molar-refractivity contribution in [2.75, 3.05) is 17.2 Å². The van der Waals surface area contributed by atoms with E-state index in [0.717, 1.165) is 27.7 Å². The summed E-state index contributed by atoms with van der Waals surface area (Å²) in [7, 11) is 1.85. The lowest BCUT2D eigenvalue weighted by atomic mass is 10.0. The van der Waals surface area contributed by atoms with E-state index in [0.29, 0.717) is 34.5 Å². The highest BCUT2D eigenvalue weighted by Gasteiger charge is 2.16. The van der Waals surface area contributed by atoms with Gasteiger partial charge in [-0.1, -0.05) is 35.4 Å². The first kappa shape index (κ1) is 23.4. The Hall–Kier alpha value is -4.30. The fourth-order valence-electron chi connectivity index (χ4n) is 3.85.